The van der Waals surface area contributed by atoms with E-state index in [1.165, 1.54) is 6.92 Å². The smallest absolute Gasteiger partial charge is 0.332 e. The first kappa shape index (κ1) is 18.8. The van der Waals surface area contributed by atoms with E-state index in [9.17, 15) is 14.4 Å². The van der Waals surface area contributed by atoms with Crippen LogP contribution in [0.1, 0.15) is 44.0 Å². The summed E-state index contributed by atoms with van der Waals surface area (Å²) in [6.45, 7) is 5.44. The number of ketones is 1. The second-order valence-electron chi connectivity index (χ2n) is 5.01. The zero-order chi connectivity index (χ0) is 17.2. The predicted octanol–water partition coefficient (Wildman–Crippen LogP) is 2.58. The first-order valence-electron chi connectivity index (χ1n) is 7.69. The average molecular weight is 321 g/mol. The summed E-state index contributed by atoms with van der Waals surface area (Å²) >= 11 is 0. The molecule has 1 rings (SSSR count). The number of anilines is 1. The Morgan fingerprint density at radius 1 is 1.13 bits per heavy atom. The van der Waals surface area contributed by atoms with Gasteiger partial charge in [0.1, 0.15) is 6.61 Å². The fourth-order valence-corrected chi connectivity index (χ4v) is 1.87. The number of hydrogen-bond donors (Lipinski definition) is 1. The summed E-state index contributed by atoms with van der Waals surface area (Å²) in [6.07, 6.45) is 0.337. The molecule has 23 heavy (non-hydrogen) atoms. The maximum atomic E-state index is 12.2. The average Bonchev–Trinajstić information content (AvgIpc) is 2.53. The van der Waals surface area contributed by atoms with Crippen molar-refractivity contribution in [3.63, 3.8) is 0 Å². The van der Waals surface area contributed by atoms with Crippen molar-refractivity contribution in [2.75, 3.05) is 18.5 Å². The van der Waals surface area contributed by atoms with Gasteiger partial charge in [-0.05, 0) is 44.5 Å². The number of carbonyl (C=O) groups is 3. The Morgan fingerprint density at radius 2 is 1.78 bits per heavy atom. The fourth-order valence-electron chi connectivity index (χ4n) is 1.87. The lowest BCUT2D eigenvalue weighted by Crippen LogP contribution is -2.26. The first-order valence-corrected chi connectivity index (χ1v) is 7.69. The number of carbonyl (C=O) groups excluding carboxylic acids is 3. The third-order valence-electron chi connectivity index (χ3n) is 3.03. The second-order valence-corrected chi connectivity index (χ2v) is 5.01. The minimum atomic E-state index is -0.886. The van der Waals surface area contributed by atoms with Gasteiger partial charge in [0, 0.05) is 24.3 Å². The summed E-state index contributed by atoms with van der Waals surface area (Å²) in [5, 5.41) is 2.74. The predicted molar refractivity (Wildman–Crippen MR) is 86.4 cm³/mol. The van der Waals surface area contributed by atoms with Crippen molar-refractivity contribution in [3.05, 3.63) is 29.8 Å². The van der Waals surface area contributed by atoms with E-state index in [0.29, 0.717) is 24.3 Å². The van der Waals surface area contributed by atoms with Crippen molar-refractivity contribution < 1.29 is 23.9 Å². The lowest BCUT2D eigenvalue weighted by atomic mass is 10.1. The van der Waals surface area contributed by atoms with E-state index in [0.717, 1.165) is 6.42 Å². The molecular formula is C17H23NO5. The molecule has 0 fully saturated rings. The molecule has 0 bridgehead atoms. The van der Waals surface area contributed by atoms with Gasteiger partial charge in [-0.2, -0.15) is 0 Å². The van der Waals surface area contributed by atoms with Gasteiger partial charge < -0.3 is 14.8 Å². The van der Waals surface area contributed by atoms with E-state index < -0.39 is 12.1 Å². The van der Waals surface area contributed by atoms with Gasteiger partial charge in [-0.3, -0.25) is 9.59 Å². The zero-order valence-corrected chi connectivity index (χ0v) is 13.8. The normalized spacial score (nSPS) is 11.6. The molecule has 6 nitrogen and oxygen atoms in total. The van der Waals surface area contributed by atoms with Crippen molar-refractivity contribution in [2.45, 2.75) is 39.7 Å². The molecule has 1 aromatic carbocycles. The van der Waals surface area contributed by atoms with E-state index >= 15 is 0 Å². The van der Waals surface area contributed by atoms with Gasteiger partial charge in [0.15, 0.2) is 6.10 Å². The minimum absolute atomic E-state index is 0.0650. The second kappa shape index (κ2) is 9.74. The number of Topliss-reactive ketones (excluding diaryl/α,β-unsaturated/α-hetero) is 1. The molecule has 0 radical (unpaired) electrons. The molecule has 1 amide bonds. The molecular weight excluding hydrogens is 298 g/mol. The van der Waals surface area contributed by atoms with Crippen molar-refractivity contribution in [1.82, 2.24) is 0 Å². The molecule has 0 aliphatic carbocycles. The molecule has 1 atom stereocenters. The van der Waals surface area contributed by atoms with Crippen LogP contribution in [0, 0.1) is 0 Å². The van der Waals surface area contributed by atoms with Crippen LogP contribution in [0.3, 0.4) is 0 Å². The van der Waals surface area contributed by atoms with Gasteiger partial charge in [0.05, 0.1) is 0 Å². The summed E-state index contributed by atoms with van der Waals surface area (Å²) in [6, 6.07) is 6.48. The highest BCUT2D eigenvalue weighted by Gasteiger charge is 2.19. The van der Waals surface area contributed by atoms with Crippen LogP contribution in [0.25, 0.3) is 0 Å². The van der Waals surface area contributed by atoms with Gasteiger partial charge in [-0.25, -0.2) is 4.79 Å². The van der Waals surface area contributed by atoms with Crippen LogP contribution >= 0.6 is 0 Å². The molecule has 126 valence electrons. The maximum absolute atomic E-state index is 12.2. The first-order chi connectivity index (χ1) is 11.0. The Kier molecular flexibility index (Phi) is 7.97. The molecule has 1 aromatic rings. The van der Waals surface area contributed by atoms with Gasteiger partial charge in [-0.1, -0.05) is 6.92 Å². The Morgan fingerprint density at radius 3 is 2.35 bits per heavy atom. The molecule has 0 aliphatic rings. The Balaban J connectivity index is 2.59. The highest BCUT2D eigenvalue weighted by Crippen LogP contribution is 2.13. The lowest BCUT2D eigenvalue weighted by molar-refractivity contribution is -0.151. The fraction of sp³-hybridized carbons (Fsp3) is 0.471. The van der Waals surface area contributed by atoms with Crippen LogP contribution in [0.4, 0.5) is 5.69 Å². The highest BCUT2D eigenvalue weighted by atomic mass is 16.6. The number of nitrogens with one attached hydrogen (secondary N) is 1. The van der Waals surface area contributed by atoms with E-state index in [1.54, 1.807) is 31.2 Å². The van der Waals surface area contributed by atoms with E-state index in [4.69, 9.17) is 9.47 Å². The van der Waals surface area contributed by atoms with Gasteiger partial charge >= 0.3 is 5.97 Å². The maximum Gasteiger partial charge on any atom is 0.332 e. The van der Waals surface area contributed by atoms with E-state index in [-0.39, 0.29) is 18.3 Å². The quantitative estimate of drug-likeness (QED) is 0.558. The number of esters is 1. The van der Waals surface area contributed by atoms with Crippen molar-refractivity contribution >= 4 is 23.3 Å². The van der Waals surface area contributed by atoms with Crippen LogP contribution in [-0.4, -0.2) is 37.0 Å². The third kappa shape index (κ3) is 6.61. The minimum Gasteiger partial charge on any atom is -0.453 e. The van der Waals surface area contributed by atoms with Crippen LogP contribution in [-0.2, 0) is 19.1 Å². The number of hydrogen-bond acceptors (Lipinski definition) is 5. The van der Waals surface area contributed by atoms with Gasteiger partial charge in [0.2, 0.25) is 11.7 Å². The molecule has 0 aromatic heterocycles. The van der Waals surface area contributed by atoms with E-state index in [1.807, 2.05) is 6.92 Å². The highest BCUT2D eigenvalue weighted by molar-refractivity contribution is 6.00. The number of amides is 1. The molecule has 0 saturated heterocycles. The molecule has 6 heteroatoms. The van der Waals surface area contributed by atoms with Crippen LogP contribution < -0.4 is 5.32 Å². The van der Waals surface area contributed by atoms with Crippen molar-refractivity contribution in [2.24, 2.45) is 0 Å². The lowest BCUT2D eigenvalue weighted by Gasteiger charge is -2.12. The summed E-state index contributed by atoms with van der Waals surface area (Å²) in [4.78, 5) is 35.1. The molecule has 0 aliphatic heterocycles. The van der Waals surface area contributed by atoms with Crippen LogP contribution in [0.2, 0.25) is 0 Å². The van der Waals surface area contributed by atoms with Crippen LogP contribution in [0.5, 0.6) is 0 Å². The number of rotatable bonds is 9. The monoisotopic (exact) mass is 321 g/mol. The molecule has 0 spiro atoms. The summed E-state index contributed by atoms with van der Waals surface area (Å²) < 4.78 is 9.94. The van der Waals surface area contributed by atoms with Crippen molar-refractivity contribution in [3.8, 4) is 0 Å². The number of benzene rings is 1. The van der Waals surface area contributed by atoms with Gasteiger partial charge in [0.25, 0.3) is 0 Å². The number of ether oxygens (including phenoxy) is 2. The molecule has 1 N–H and O–H groups in total. The Bertz CT molecular complexity index is 538. The molecule has 0 heterocycles. The van der Waals surface area contributed by atoms with Crippen LogP contribution in [0.15, 0.2) is 24.3 Å². The summed E-state index contributed by atoms with van der Waals surface area (Å²) in [7, 11) is 0. The Hall–Kier alpha value is -2.21. The van der Waals surface area contributed by atoms with Crippen molar-refractivity contribution in [1.29, 1.82) is 0 Å². The topological polar surface area (TPSA) is 81.7 Å². The standard InChI is InChI=1S/C17H23NO5/c1-4-6-15(19)18-14-9-7-13(8-10-14)17(21)12(3)23-16(20)11-22-5-2/h7-10,12H,4-6,11H2,1-3H3,(H,18,19). The Labute approximate surface area is 136 Å². The zero-order valence-electron chi connectivity index (χ0n) is 13.8. The largest absolute Gasteiger partial charge is 0.453 e. The van der Waals surface area contributed by atoms with E-state index in [2.05, 4.69) is 5.32 Å². The summed E-state index contributed by atoms with van der Waals surface area (Å²) in [5.74, 6) is -0.942. The SMILES string of the molecule is CCCC(=O)Nc1ccc(C(=O)C(C)OC(=O)COCC)cc1. The van der Waals surface area contributed by atoms with Gasteiger partial charge in [-0.15, -0.1) is 0 Å². The summed E-state index contributed by atoms with van der Waals surface area (Å²) in [5.41, 5.74) is 1.04. The molecule has 0 saturated carbocycles. The molecule has 1 unspecified atom stereocenters. The third-order valence-corrected chi connectivity index (χ3v) is 3.03.